The Morgan fingerprint density at radius 3 is 1.11 bits per heavy atom. The molecule has 0 N–H and O–H groups in total. The van der Waals surface area contributed by atoms with Gasteiger partial charge in [-0.2, -0.15) is 13.2 Å². The Labute approximate surface area is 444 Å². The number of nitrogens with zero attached hydrogens (tertiary/aromatic N) is 5. The van der Waals surface area contributed by atoms with E-state index in [2.05, 4.69) is 207 Å². The zero-order valence-corrected chi connectivity index (χ0v) is 45.5. The lowest BCUT2D eigenvalue weighted by molar-refractivity contribution is -0.137. The lowest BCUT2D eigenvalue weighted by atomic mass is 9.79. The van der Waals surface area contributed by atoms with Crippen LogP contribution in [0.2, 0.25) is 0 Å². The van der Waals surface area contributed by atoms with Crippen LogP contribution in [0.4, 0.5) is 13.2 Å². The number of benzene rings is 8. The monoisotopic (exact) mass is 1010 g/mol. The molecular formula is C68H64F3N5. The van der Waals surface area contributed by atoms with Gasteiger partial charge in [-0.15, -0.1) is 0 Å². The Morgan fingerprint density at radius 2 is 0.671 bits per heavy atom. The second kappa shape index (κ2) is 17.9. The second-order valence-electron chi connectivity index (χ2n) is 24.6. The van der Waals surface area contributed by atoms with E-state index in [4.69, 9.17) is 15.0 Å². The molecule has 0 aliphatic carbocycles. The molecule has 11 rings (SSSR count). The molecule has 76 heavy (non-hydrogen) atoms. The molecule has 0 amide bonds. The van der Waals surface area contributed by atoms with Crippen LogP contribution in [0.1, 0.15) is 111 Å². The molecule has 0 spiro atoms. The predicted molar refractivity (Wildman–Crippen MR) is 310 cm³/mol. The summed E-state index contributed by atoms with van der Waals surface area (Å²) in [5, 5.41) is 3.50. The van der Waals surface area contributed by atoms with Crippen molar-refractivity contribution in [3.63, 3.8) is 0 Å². The molecule has 0 aliphatic rings. The largest absolute Gasteiger partial charge is 0.416 e. The second-order valence-corrected chi connectivity index (χ2v) is 24.6. The van der Waals surface area contributed by atoms with Crippen molar-refractivity contribution in [1.29, 1.82) is 0 Å². The molecule has 0 saturated heterocycles. The fourth-order valence-corrected chi connectivity index (χ4v) is 10.6. The van der Waals surface area contributed by atoms with Crippen molar-refractivity contribution < 1.29 is 13.2 Å². The van der Waals surface area contributed by atoms with E-state index in [1.165, 1.54) is 34.4 Å². The lowest BCUT2D eigenvalue weighted by Crippen LogP contribution is -2.17. The van der Waals surface area contributed by atoms with Crippen molar-refractivity contribution in [3.05, 3.63) is 198 Å². The number of rotatable bonds is 6. The summed E-state index contributed by atoms with van der Waals surface area (Å²) in [7, 11) is 0. The average Bonchev–Trinajstić information content (AvgIpc) is 3.90. The molecule has 0 fully saturated rings. The average molecular weight is 1010 g/mol. The van der Waals surface area contributed by atoms with Crippen molar-refractivity contribution >= 4 is 43.6 Å². The van der Waals surface area contributed by atoms with Gasteiger partial charge >= 0.3 is 6.18 Å². The minimum atomic E-state index is -4.52. The standard InChI is InChI=1S/C68H64F3N5/c1-64(2,3)45-33-42(34-46(38-45)65(4,5)6)62-72-61(73-63(74-62)43-35-47(66(7,8)9)39-48(36-43)67(10,11)12)41-29-31-59(76-58-28-20-16-24-52(58)54-40-44(68(69,70)71)30-32-60(54)76)53(37-41)51-23-15-19-27-57(51)75-55-25-17-13-21-49(55)50-22-14-18-26-56(50)75/h13-40H,1-12H3. The van der Waals surface area contributed by atoms with Gasteiger partial charge in [-0.1, -0.05) is 168 Å². The van der Waals surface area contributed by atoms with Crippen molar-refractivity contribution in [3.8, 4) is 56.7 Å². The van der Waals surface area contributed by atoms with Crippen LogP contribution in [-0.2, 0) is 27.8 Å². The molecule has 0 saturated carbocycles. The molecule has 3 heterocycles. The highest BCUT2D eigenvalue weighted by Crippen LogP contribution is 2.44. The molecular weight excluding hydrogens is 944 g/mol. The van der Waals surface area contributed by atoms with Crippen LogP contribution in [0, 0.1) is 0 Å². The van der Waals surface area contributed by atoms with Crippen molar-refractivity contribution in [2.75, 3.05) is 0 Å². The van der Waals surface area contributed by atoms with Crippen molar-refractivity contribution in [2.24, 2.45) is 0 Å². The highest BCUT2D eigenvalue weighted by Gasteiger charge is 2.32. The SMILES string of the molecule is CC(C)(C)c1cc(-c2nc(-c3cc(C(C)(C)C)cc(C(C)(C)C)c3)nc(-c3ccc(-n4c5ccccc5c5cc(C(F)(F)F)ccc54)c(-c4ccccc4-n4c5ccccc5c5ccccc54)c3)n2)cc(C(C)(C)C)c1. The van der Waals surface area contributed by atoms with E-state index in [9.17, 15) is 13.2 Å². The topological polar surface area (TPSA) is 48.5 Å². The Balaban J connectivity index is 1.24. The maximum Gasteiger partial charge on any atom is 0.416 e. The third kappa shape index (κ3) is 9.05. The summed E-state index contributed by atoms with van der Waals surface area (Å²) < 4.78 is 47.8. The number of aromatic nitrogens is 5. The van der Waals surface area contributed by atoms with E-state index < -0.39 is 11.7 Å². The first kappa shape index (κ1) is 50.3. The Hall–Kier alpha value is -7.84. The minimum Gasteiger partial charge on any atom is -0.309 e. The van der Waals surface area contributed by atoms with Crippen LogP contribution in [0.5, 0.6) is 0 Å². The summed E-state index contributed by atoms with van der Waals surface area (Å²) in [6, 6.07) is 56.9. The van der Waals surface area contributed by atoms with Crippen molar-refractivity contribution in [2.45, 2.75) is 111 Å². The smallest absolute Gasteiger partial charge is 0.309 e. The molecule has 8 heteroatoms. The molecule has 0 aliphatic heterocycles. The maximum atomic E-state index is 14.5. The molecule has 382 valence electrons. The summed E-state index contributed by atoms with van der Waals surface area (Å²) in [6.07, 6.45) is -4.52. The molecule has 0 unspecified atom stereocenters. The molecule has 5 nitrogen and oxygen atoms in total. The van der Waals surface area contributed by atoms with E-state index in [0.717, 1.165) is 71.9 Å². The van der Waals surface area contributed by atoms with Gasteiger partial charge in [-0.25, -0.2) is 15.0 Å². The molecule has 0 radical (unpaired) electrons. The number of para-hydroxylation sites is 4. The molecule has 0 atom stereocenters. The van der Waals surface area contributed by atoms with Crippen LogP contribution in [0.15, 0.2) is 170 Å². The Morgan fingerprint density at radius 1 is 0.303 bits per heavy atom. The normalized spacial score (nSPS) is 12.9. The minimum absolute atomic E-state index is 0.160. The number of alkyl halides is 3. The van der Waals surface area contributed by atoms with Crippen molar-refractivity contribution in [1.82, 2.24) is 24.1 Å². The molecule has 8 aromatic carbocycles. The Bertz CT molecular complexity index is 3870. The summed E-state index contributed by atoms with van der Waals surface area (Å²) >= 11 is 0. The van der Waals surface area contributed by atoms with Crippen LogP contribution in [0.3, 0.4) is 0 Å². The fourth-order valence-electron chi connectivity index (χ4n) is 10.6. The van der Waals surface area contributed by atoms with E-state index >= 15 is 0 Å². The first-order valence-corrected chi connectivity index (χ1v) is 26.2. The van der Waals surface area contributed by atoms with E-state index in [-0.39, 0.29) is 21.7 Å². The Kier molecular flexibility index (Phi) is 11.9. The van der Waals surface area contributed by atoms with Crippen LogP contribution >= 0.6 is 0 Å². The summed E-state index contributed by atoms with van der Waals surface area (Å²) in [5.74, 6) is 1.62. The van der Waals surface area contributed by atoms with Gasteiger partial charge in [0.15, 0.2) is 17.5 Å². The molecule has 11 aromatic rings. The number of hydrogen-bond acceptors (Lipinski definition) is 3. The number of halogens is 3. The summed E-state index contributed by atoms with van der Waals surface area (Å²) in [4.78, 5) is 16.3. The maximum absolute atomic E-state index is 14.5. The van der Waals surface area contributed by atoms with Gasteiger partial charge in [0.05, 0.1) is 39.0 Å². The lowest BCUT2D eigenvalue weighted by Gasteiger charge is -2.26. The number of hydrogen-bond donors (Lipinski definition) is 0. The van der Waals surface area contributed by atoms with E-state index in [1.807, 2.05) is 36.4 Å². The first-order chi connectivity index (χ1) is 35.8. The van der Waals surface area contributed by atoms with Crippen LogP contribution in [0.25, 0.3) is 100 Å². The summed E-state index contributed by atoms with van der Waals surface area (Å²) in [6.45, 7) is 26.9. The summed E-state index contributed by atoms with van der Waals surface area (Å²) in [5.41, 5.74) is 13.0. The van der Waals surface area contributed by atoms with Gasteiger partial charge in [0.1, 0.15) is 0 Å². The van der Waals surface area contributed by atoms with Gasteiger partial charge in [0.25, 0.3) is 0 Å². The van der Waals surface area contributed by atoms with Crippen LogP contribution < -0.4 is 0 Å². The molecule has 0 bridgehead atoms. The predicted octanol–water partition coefficient (Wildman–Crippen LogP) is 18.9. The number of fused-ring (bicyclic) bond motifs is 6. The highest BCUT2D eigenvalue weighted by atomic mass is 19.4. The van der Waals surface area contributed by atoms with Gasteiger partial charge in [0, 0.05) is 49.4 Å². The van der Waals surface area contributed by atoms with Crippen LogP contribution in [-0.4, -0.2) is 24.1 Å². The third-order valence-corrected chi connectivity index (χ3v) is 15.0. The van der Waals surface area contributed by atoms with Gasteiger partial charge in [-0.3, -0.25) is 0 Å². The quantitative estimate of drug-likeness (QED) is 0.167. The third-order valence-electron chi connectivity index (χ3n) is 15.0. The van der Waals surface area contributed by atoms with Gasteiger partial charge < -0.3 is 9.13 Å². The van der Waals surface area contributed by atoms with E-state index in [1.54, 1.807) is 6.07 Å². The first-order valence-electron chi connectivity index (χ1n) is 26.2. The van der Waals surface area contributed by atoms with Gasteiger partial charge in [0.2, 0.25) is 0 Å². The fraction of sp³-hybridized carbons (Fsp3) is 0.250. The van der Waals surface area contributed by atoms with E-state index in [0.29, 0.717) is 28.4 Å². The molecule has 3 aromatic heterocycles. The zero-order valence-electron chi connectivity index (χ0n) is 45.5. The highest BCUT2D eigenvalue weighted by molar-refractivity contribution is 6.11. The zero-order chi connectivity index (χ0) is 53.9. The van der Waals surface area contributed by atoms with Gasteiger partial charge in [-0.05, 0) is 129 Å².